The first-order chi connectivity index (χ1) is 12.9. The number of aromatic nitrogens is 1. The number of aliphatic carboxylic acids is 1. The number of carbonyl (C=O) groups is 2. The van der Waals surface area contributed by atoms with E-state index in [1.165, 1.54) is 6.07 Å². The van der Waals surface area contributed by atoms with E-state index < -0.39 is 17.6 Å². The fraction of sp³-hybridized carbons (Fsp3) is 0.471. The van der Waals surface area contributed by atoms with Crippen molar-refractivity contribution in [2.24, 2.45) is 5.92 Å². The first kappa shape index (κ1) is 19.6. The number of fused-ring (bicyclic) bond motifs is 1. The molecule has 3 N–H and O–H groups in total. The summed E-state index contributed by atoms with van der Waals surface area (Å²) < 4.78 is 27.4. The summed E-state index contributed by atoms with van der Waals surface area (Å²) in [5, 5.41) is 14.4. The minimum atomic E-state index is -0.905. The van der Waals surface area contributed by atoms with Crippen LogP contribution in [0.1, 0.15) is 12.8 Å². The van der Waals surface area contributed by atoms with Crippen LogP contribution in [-0.4, -0.2) is 59.6 Å². The van der Waals surface area contributed by atoms with Gasteiger partial charge in [-0.1, -0.05) is 11.3 Å². The maximum atomic E-state index is 13.7. The molecule has 1 aliphatic heterocycles. The summed E-state index contributed by atoms with van der Waals surface area (Å²) in [6.45, 7) is 2.51. The third kappa shape index (κ3) is 5.18. The van der Waals surface area contributed by atoms with Crippen LogP contribution in [0.25, 0.3) is 10.2 Å². The Morgan fingerprint density at radius 2 is 2.19 bits per heavy atom. The monoisotopic (exact) mass is 398 g/mol. The Labute approximate surface area is 158 Å². The smallest absolute Gasteiger partial charge is 0.317 e. The molecule has 1 aromatic heterocycles. The Kier molecular flexibility index (Phi) is 6.30. The Bertz CT molecular complexity index is 845. The molecule has 0 aliphatic carbocycles. The Morgan fingerprint density at radius 1 is 1.37 bits per heavy atom. The Morgan fingerprint density at radius 3 is 2.96 bits per heavy atom. The fourth-order valence-electron chi connectivity index (χ4n) is 3.12. The van der Waals surface area contributed by atoms with Crippen molar-refractivity contribution in [1.82, 2.24) is 15.2 Å². The summed E-state index contributed by atoms with van der Waals surface area (Å²) in [7, 11) is 0. The molecule has 1 unspecified atom stereocenters. The lowest BCUT2D eigenvalue weighted by atomic mass is 9.97. The first-order valence-electron chi connectivity index (χ1n) is 8.63. The predicted octanol–water partition coefficient (Wildman–Crippen LogP) is 1.90. The molecule has 146 valence electrons. The number of benzene rings is 1. The molecule has 1 atom stereocenters. The highest BCUT2D eigenvalue weighted by Gasteiger charge is 2.26. The number of hydrogen-bond donors (Lipinski definition) is 3. The average Bonchev–Trinajstić information content (AvgIpc) is 3.01. The Balaban J connectivity index is 1.56. The van der Waals surface area contributed by atoms with Crippen molar-refractivity contribution in [3.8, 4) is 0 Å². The molecule has 2 heterocycles. The molecule has 1 amide bonds. The van der Waals surface area contributed by atoms with E-state index in [0.717, 1.165) is 36.8 Å². The highest BCUT2D eigenvalue weighted by Crippen LogP contribution is 2.29. The lowest BCUT2D eigenvalue weighted by Crippen LogP contribution is -2.43. The van der Waals surface area contributed by atoms with Gasteiger partial charge in [0, 0.05) is 25.7 Å². The van der Waals surface area contributed by atoms with Crippen LogP contribution in [0.5, 0.6) is 0 Å². The van der Waals surface area contributed by atoms with Gasteiger partial charge in [-0.05, 0) is 25.5 Å². The van der Waals surface area contributed by atoms with Gasteiger partial charge < -0.3 is 20.6 Å². The molecule has 1 aromatic carbocycles. The van der Waals surface area contributed by atoms with Crippen molar-refractivity contribution in [3.63, 3.8) is 0 Å². The molecule has 0 spiro atoms. The molecule has 7 nitrogen and oxygen atoms in total. The van der Waals surface area contributed by atoms with Crippen molar-refractivity contribution in [2.45, 2.75) is 12.8 Å². The third-order valence-electron chi connectivity index (χ3n) is 4.40. The van der Waals surface area contributed by atoms with Crippen molar-refractivity contribution in [2.75, 3.05) is 38.0 Å². The van der Waals surface area contributed by atoms with E-state index in [9.17, 15) is 18.4 Å². The molecule has 0 radical (unpaired) electrons. The second-order valence-electron chi connectivity index (χ2n) is 6.45. The molecule has 2 aromatic rings. The number of thiazole rings is 1. The van der Waals surface area contributed by atoms with Crippen LogP contribution in [0, 0.1) is 17.6 Å². The number of piperidine rings is 1. The highest BCUT2D eigenvalue weighted by molar-refractivity contribution is 7.22. The van der Waals surface area contributed by atoms with Crippen molar-refractivity contribution in [1.29, 1.82) is 0 Å². The molecule has 0 saturated carbocycles. The molecule has 27 heavy (non-hydrogen) atoms. The summed E-state index contributed by atoms with van der Waals surface area (Å²) in [5.74, 6) is -2.76. The number of nitrogens with zero attached hydrogens (tertiary/aromatic N) is 2. The number of halogens is 2. The molecule has 1 aliphatic rings. The standard InChI is InChI=1S/C17H20F2N4O3S/c18-11-6-12(19)15-13(7-11)27-17(21-15)22-16(26)10-2-1-4-23(9-10)5-3-20-8-14(24)25/h6-7,10,20H,1-5,8-9H2,(H,24,25)(H,21,22,26). The maximum absolute atomic E-state index is 13.7. The molecule has 10 heteroatoms. The van der Waals surface area contributed by atoms with Crippen LogP contribution in [0.2, 0.25) is 0 Å². The SMILES string of the molecule is O=C(O)CNCCN1CCCC(C(=O)Nc2nc3c(F)cc(F)cc3s2)C1. The van der Waals surface area contributed by atoms with E-state index >= 15 is 0 Å². The summed E-state index contributed by atoms with van der Waals surface area (Å²) in [6, 6.07) is 1.96. The number of carboxylic acids is 1. The second-order valence-corrected chi connectivity index (χ2v) is 7.48. The number of carbonyl (C=O) groups excluding carboxylic acids is 1. The number of rotatable bonds is 7. The summed E-state index contributed by atoms with van der Waals surface area (Å²) in [6.07, 6.45) is 1.59. The van der Waals surface area contributed by atoms with Crippen molar-refractivity contribution >= 4 is 38.6 Å². The molecule has 1 fully saturated rings. The fourth-order valence-corrected chi connectivity index (χ4v) is 4.03. The van der Waals surface area contributed by atoms with Gasteiger partial charge in [-0.3, -0.25) is 9.59 Å². The van der Waals surface area contributed by atoms with Gasteiger partial charge in [0.05, 0.1) is 17.2 Å². The van der Waals surface area contributed by atoms with E-state index in [2.05, 4.69) is 20.5 Å². The van der Waals surface area contributed by atoms with Crippen LogP contribution in [0.15, 0.2) is 12.1 Å². The largest absolute Gasteiger partial charge is 0.480 e. The normalized spacial score (nSPS) is 17.9. The topological polar surface area (TPSA) is 94.6 Å². The van der Waals surface area contributed by atoms with E-state index in [1.807, 2.05) is 0 Å². The predicted molar refractivity (Wildman–Crippen MR) is 97.8 cm³/mol. The summed E-state index contributed by atoms with van der Waals surface area (Å²) in [4.78, 5) is 29.2. The summed E-state index contributed by atoms with van der Waals surface area (Å²) in [5.41, 5.74) is 0.0477. The van der Waals surface area contributed by atoms with Gasteiger partial charge in [-0.15, -0.1) is 0 Å². The van der Waals surface area contributed by atoms with Gasteiger partial charge in [-0.25, -0.2) is 13.8 Å². The number of carboxylic acid groups (broad SMARTS) is 1. The maximum Gasteiger partial charge on any atom is 0.317 e. The van der Waals surface area contributed by atoms with E-state index in [-0.39, 0.29) is 29.0 Å². The number of anilines is 1. The van der Waals surface area contributed by atoms with E-state index in [1.54, 1.807) is 0 Å². The van der Waals surface area contributed by atoms with Crippen LogP contribution in [0.4, 0.5) is 13.9 Å². The van der Waals surface area contributed by atoms with Crippen molar-refractivity contribution < 1.29 is 23.5 Å². The summed E-state index contributed by atoms with van der Waals surface area (Å²) >= 11 is 1.04. The minimum absolute atomic E-state index is 0.0477. The van der Waals surface area contributed by atoms with Crippen molar-refractivity contribution in [3.05, 3.63) is 23.8 Å². The Hall–Kier alpha value is -2.17. The molecule has 1 saturated heterocycles. The minimum Gasteiger partial charge on any atom is -0.480 e. The van der Waals surface area contributed by atoms with Gasteiger partial charge in [0.2, 0.25) is 5.91 Å². The number of amides is 1. The lowest BCUT2D eigenvalue weighted by molar-refractivity contribution is -0.136. The van der Waals surface area contributed by atoms with Crippen LogP contribution in [-0.2, 0) is 9.59 Å². The van der Waals surface area contributed by atoms with E-state index in [0.29, 0.717) is 24.3 Å². The number of hydrogen-bond acceptors (Lipinski definition) is 6. The number of likely N-dealkylation sites (tertiary alicyclic amines) is 1. The molecule has 3 rings (SSSR count). The highest BCUT2D eigenvalue weighted by atomic mass is 32.1. The van der Waals surface area contributed by atoms with Gasteiger partial charge in [0.15, 0.2) is 10.9 Å². The molecular weight excluding hydrogens is 378 g/mol. The van der Waals surface area contributed by atoms with Gasteiger partial charge in [0.25, 0.3) is 0 Å². The first-order valence-corrected chi connectivity index (χ1v) is 9.45. The molecular formula is C17H20F2N4O3S. The van der Waals surface area contributed by atoms with Gasteiger partial charge in [-0.2, -0.15) is 0 Å². The second kappa shape index (κ2) is 8.68. The van der Waals surface area contributed by atoms with Gasteiger partial charge in [0.1, 0.15) is 11.3 Å². The van der Waals surface area contributed by atoms with Crippen LogP contribution < -0.4 is 10.6 Å². The average molecular weight is 398 g/mol. The zero-order valence-corrected chi connectivity index (χ0v) is 15.3. The van der Waals surface area contributed by atoms with E-state index in [4.69, 9.17) is 5.11 Å². The van der Waals surface area contributed by atoms with Crippen LogP contribution >= 0.6 is 11.3 Å². The zero-order chi connectivity index (χ0) is 19.4. The quantitative estimate of drug-likeness (QED) is 0.617. The zero-order valence-electron chi connectivity index (χ0n) is 14.5. The third-order valence-corrected chi connectivity index (χ3v) is 5.32. The number of nitrogens with one attached hydrogen (secondary N) is 2. The van der Waals surface area contributed by atoms with Gasteiger partial charge >= 0.3 is 5.97 Å². The van der Waals surface area contributed by atoms with Crippen LogP contribution in [0.3, 0.4) is 0 Å². The lowest BCUT2D eigenvalue weighted by Gasteiger charge is -2.31. The molecule has 0 bridgehead atoms.